The van der Waals surface area contributed by atoms with E-state index in [2.05, 4.69) is 43.5 Å². The maximum absolute atomic E-state index is 12.6. The van der Waals surface area contributed by atoms with Gasteiger partial charge < -0.3 is 88.7 Å². The molecule has 4 heterocycles. The summed E-state index contributed by atoms with van der Waals surface area (Å²) in [6.07, 6.45) is -7.08. The first-order chi connectivity index (χ1) is 30.8. The molecule has 2 unspecified atom stereocenters. The lowest BCUT2D eigenvalue weighted by Gasteiger charge is -2.36. The van der Waals surface area contributed by atoms with Crippen molar-refractivity contribution in [3.8, 4) is 0 Å². The Balaban J connectivity index is 1.10. The summed E-state index contributed by atoms with van der Waals surface area (Å²) in [7, 11) is -17.7. The van der Waals surface area contributed by atoms with Gasteiger partial charge in [-0.05, 0) is 19.8 Å². The minimum absolute atomic E-state index is 0.0286. The van der Waals surface area contributed by atoms with Crippen LogP contribution in [-0.4, -0.2) is 145 Å². The molecule has 4 rings (SSSR count). The fourth-order valence-corrected chi connectivity index (χ4v) is 9.82. The lowest BCUT2D eigenvalue weighted by molar-refractivity contribution is -0.347. The number of amides is 2. The number of fused-ring (bicyclic) bond motifs is 1. The summed E-state index contributed by atoms with van der Waals surface area (Å²) >= 11 is 1.06. The number of nitrogen functional groups attached to an aromatic ring is 1. The minimum Gasteiger partial charge on any atom is -0.790 e. The van der Waals surface area contributed by atoms with Crippen molar-refractivity contribution >= 4 is 69.1 Å². The van der Waals surface area contributed by atoms with Gasteiger partial charge in [0.25, 0.3) is 15.6 Å². The number of ether oxygens (including phenoxy) is 3. The highest BCUT2D eigenvalue weighted by Crippen LogP contribution is 2.56. The molecule has 2 saturated heterocycles. The molecule has 2 aliphatic rings. The van der Waals surface area contributed by atoms with Gasteiger partial charge in [0.15, 0.2) is 29.1 Å². The Hall–Kier alpha value is -2.60. The summed E-state index contributed by atoms with van der Waals surface area (Å²) in [5.74, 6) is -1.29. The molecule has 0 aliphatic carbocycles. The number of hydrogen-bond acceptors (Lipinski definition) is 26. The van der Waals surface area contributed by atoms with Crippen molar-refractivity contribution in [2.24, 2.45) is 5.41 Å². The molecule has 11 atom stereocenters. The van der Waals surface area contributed by atoms with Crippen molar-refractivity contribution in [3.05, 3.63) is 12.7 Å². The van der Waals surface area contributed by atoms with Crippen molar-refractivity contribution in [3.63, 3.8) is 0 Å². The average molecular weight is 1020 g/mol. The van der Waals surface area contributed by atoms with Crippen LogP contribution in [0.15, 0.2) is 12.7 Å². The van der Waals surface area contributed by atoms with Gasteiger partial charge in [-0.2, -0.15) is 0 Å². The summed E-state index contributed by atoms with van der Waals surface area (Å²) in [5.41, 5.74) is 4.04. The van der Waals surface area contributed by atoms with E-state index >= 15 is 0 Å². The highest BCUT2D eigenvalue weighted by Gasteiger charge is 2.47. The number of nitrogens with one attached hydrogen (secondary N) is 2. The average Bonchev–Trinajstić information content (AvgIpc) is 3.78. The molecule has 0 saturated carbocycles. The number of nitrogens with two attached hydrogens (primary N) is 1. The second kappa shape index (κ2) is 24.8. The van der Waals surface area contributed by atoms with Crippen LogP contribution in [0.1, 0.15) is 71.9 Å². The van der Waals surface area contributed by atoms with Crippen LogP contribution in [0.25, 0.3) is 11.2 Å². The first-order valence-electron chi connectivity index (χ1n) is 20.4. The number of rotatable bonds is 27. The van der Waals surface area contributed by atoms with Crippen LogP contribution < -0.4 is 35.9 Å². The van der Waals surface area contributed by atoms with Gasteiger partial charge >= 0.3 is 0 Å². The SMILES string of the molecule is C[C@@H]1O[C@@H](OCCCCCCC(=O)SCCNC(=O)CCNC(=O)[C@H](O)C(C)(C)COP(=O)([O-])OP(=O)([O-])OC[C@H]2O[C@@H](n3cnc4c(N)ncnc43)[C@H](O)[C@@H]2OP(=O)([O-])[O-])[C@H](O)C[C@H]1O. The lowest BCUT2D eigenvalue weighted by atomic mass is 9.87. The van der Waals surface area contributed by atoms with E-state index in [1.807, 2.05) is 0 Å². The normalized spacial score (nSPS) is 26.1. The van der Waals surface area contributed by atoms with Gasteiger partial charge in [0.1, 0.15) is 42.4 Å². The molecule has 0 spiro atoms. The molecule has 376 valence electrons. The van der Waals surface area contributed by atoms with E-state index in [1.54, 1.807) is 6.92 Å². The van der Waals surface area contributed by atoms with Gasteiger partial charge in [-0.15, -0.1) is 0 Å². The smallest absolute Gasteiger partial charge is 0.274 e. The van der Waals surface area contributed by atoms with E-state index in [0.29, 0.717) is 31.6 Å². The molecule has 2 fully saturated rings. The summed E-state index contributed by atoms with van der Waals surface area (Å²) in [4.78, 5) is 96.7. The van der Waals surface area contributed by atoms with Gasteiger partial charge in [-0.25, -0.2) is 19.3 Å². The Morgan fingerprint density at radius 3 is 2.38 bits per heavy atom. The highest BCUT2D eigenvalue weighted by atomic mass is 32.2. The van der Waals surface area contributed by atoms with Crippen LogP contribution >= 0.6 is 35.2 Å². The van der Waals surface area contributed by atoms with E-state index in [-0.39, 0.29) is 48.0 Å². The monoisotopic (exact) mass is 1020 g/mol. The summed E-state index contributed by atoms with van der Waals surface area (Å²) in [6, 6.07) is 0. The molecule has 0 radical (unpaired) electrons. The van der Waals surface area contributed by atoms with Gasteiger partial charge in [0.05, 0.1) is 39.6 Å². The summed E-state index contributed by atoms with van der Waals surface area (Å²) in [6.45, 7) is 2.07. The maximum Gasteiger partial charge on any atom is 0.274 e. The van der Waals surface area contributed by atoms with Crippen LogP contribution in [0.3, 0.4) is 0 Å². The standard InChI is InChI=1S/C34H58N7O21P3S/c1-19-20(42)14-21(43)33(59-19)56-12-7-5-4-6-8-24(45)66-13-11-36-23(44)9-10-37-31(48)28(47)34(2,3)16-58-65(54,55)62-64(52,53)57-15-22-27(61-63(49,50)51)26(46)32(60-22)41-18-40-25-29(35)38-17-39-30(25)41/h17-22,26-28,32-33,42-43,46-47H,4-16H2,1-3H3,(H,36,44)(H,37,48)(H,52,53)(H,54,55)(H2,35,38,39)(H2,49,50,51)/p-4/t19-,20+,21+,22+,26+,27+,28-,32+,33+/m0/s1. The minimum atomic E-state index is -5.93. The number of nitrogens with zero attached hydrogens (tertiary/aromatic N) is 4. The van der Waals surface area contributed by atoms with E-state index in [0.717, 1.165) is 41.8 Å². The highest BCUT2D eigenvalue weighted by molar-refractivity contribution is 8.13. The van der Waals surface area contributed by atoms with E-state index in [9.17, 15) is 68.1 Å². The van der Waals surface area contributed by atoms with Crippen LogP contribution in [-0.2, 0) is 60.2 Å². The Morgan fingerprint density at radius 1 is 0.970 bits per heavy atom. The number of aliphatic hydroxyl groups is 4. The molecule has 2 aliphatic heterocycles. The zero-order chi connectivity index (χ0) is 49.0. The van der Waals surface area contributed by atoms with Crippen molar-refractivity contribution < 1.29 is 100 Å². The molecule has 2 aromatic rings. The van der Waals surface area contributed by atoms with E-state index in [4.69, 9.17) is 19.9 Å². The Kier molecular flexibility index (Phi) is 21.0. The van der Waals surface area contributed by atoms with E-state index in [1.165, 1.54) is 13.8 Å². The molecule has 2 aromatic heterocycles. The van der Waals surface area contributed by atoms with Crippen LogP contribution in [0, 0.1) is 5.41 Å². The molecule has 8 N–H and O–H groups in total. The number of anilines is 1. The molecular formula is C34H54N7O21P3S-4. The second-order valence-corrected chi connectivity index (χ2v) is 21.0. The number of carbonyl (C=O) groups is 3. The largest absolute Gasteiger partial charge is 0.790 e. The number of hydrogen-bond donors (Lipinski definition) is 7. The third-order valence-corrected chi connectivity index (χ3v) is 13.9. The molecular weight excluding hydrogens is 967 g/mol. The molecule has 32 heteroatoms. The molecule has 0 aromatic carbocycles. The summed E-state index contributed by atoms with van der Waals surface area (Å²) in [5, 5.41) is 46.0. The van der Waals surface area contributed by atoms with Crippen molar-refractivity contribution in [1.29, 1.82) is 0 Å². The third-order valence-electron chi connectivity index (χ3n) is 9.99. The van der Waals surface area contributed by atoms with Crippen LogP contribution in [0.4, 0.5) is 5.82 Å². The number of aromatic nitrogens is 4. The zero-order valence-electron chi connectivity index (χ0n) is 35.9. The number of thioether (sulfide) groups is 1. The lowest BCUT2D eigenvalue weighted by Crippen LogP contribution is -2.47. The predicted molar refractivity (Wildman–Crippen MR) is 218 cm³/mol. The number of aliphatic hydroxyl groups excluding tert-OH is 4. The number of imidazole rings is 1. The predicted octanol–water partition coefficient (Wildman–Crippen LogP) is -3.04. The number of phosphoric acid groups is 3. The second-order valence-electron chi connectivity index (χ2n) is 15.8. The Bertz CT molecular complexity index is 2080. The third kappa shape index (κ3) is 17.4. The number of carbonyl (C=O) groups excluding carboxylic acids is 3. The van der Waals surface area contributed by atoms with Gasteiger partial charge in [0.2, 0.25) is 11.8 Å². The van der Waals surface area contributed by atoms with E-state index < -0.39 is 109 Å². The Morgan fingerprint density at radius 2 is 1.67 bits per heavy atom. The van der Waals surface area contributed by atoms with Gasteiger partial charge in [-0.3, -0.25) is 28.1 Å². The molecule has 0 bridgehead atoms. The van der Waals surface area contributed by atoms with Crippen molar-refractivity contribution in [1.82, 2.24) is 30.2 Å². The van der Waals surface area contributed by atoms with Crippen LogP contribution in [0.2, 0.25) is 0 Å². The van der Waals surface area contributed by atoms with Crippen LogP contribution in [0.5, 0.6) is 0 Å². The summed E-state index contributed by atoms with van der Waals surface area (Å²) < 4.78 is 71.7. The van der Waals surface area contributed by atoms with Gasteiger partial charge in [-0.1, -0.05) is 38.5 Å². The maximum atomic E-state index is 12.6. The topological polar surface area (TPSA) is 434 Å². The molecule has 28 nitrogen and oxygen atoms in total. The van der Waals surface area contributed by atoms with Gasteiger partial charge in [0, 0.05) is 50.1 Å². The first-order valence-corrected chi connectivity index (χ1v) is 25.8. The van der Waals surface area contributed by atoms with Crippen molar-refractivity contribution in [2.75, 3.05) is 44.4 Å². The fourth-order valence-electron chi connectivity index (χ4n) is 6.36. The quantitative estimate of drug-likeness (QED) is 0.0345. The van der Waals surface area contributed by atoms with Crippen molar-refractivity contribution in [2.45, 2.75) is 121 Å². The first kappa shape index (κ1) is 56.0. The number of phosphoric ester groups is 3. The fraction of sp³-hybridized carbons (Fsp3) is 0.765. The number of unbranched alkanes of at least 4 members (excludes halogenated alkanes) is 3. The Labute approximate surface area is 382 Å². The molecule has 66 heavy (non-hydrogen) atoms. The zero-order valence-corrected chi connectivity index (χ0v) is 39.4. The molecule has 2 amide bonds.